The van der Waals surface area contributed by atoms with Crippen LogP contribution in [-0.4, -0.2) is 47.4 Å². The van der Waals surface area contributed by atoms with Gasteiger partial charge < -0.3 is 15.3 Å². The Hall–Kier alpha value is -1.59. The molecule has 0 aromatic rings. The molecule has 1 aliphatic heterocycles. The van der Waals surface area contributed by atoms with Crippen LogP contribution < -0.4 is 5.32 Å². The van der Waals surface area contributed by atoms with Gasteiger partial charge >= 0.3 is 5.97 Å². The van der Waals surface area contributed by atoms with Crippen LogP contribution in [0.3, 0.4) is 0 Å². The average molecular weight is 282 g/mol. The van der Waals surface area contributed by atoms with E-state index in [1.165, 1.54) is 0 Å². The molecule has 1 heterocycles. The smallest absolute Gasteiger partial charge is 0.303 e. The standard InChI is InChI=1S/C14H22N2O4/c17-12(18)4-1-7-15-13(19)11-3-2-8-16(9-11)14(20)10-5-6-10/h10-11H,1-9H2,(H,15,19)(H,17,18). The zero-order valence-electron chi connectivity index (χ0n) is 11.6. The lowest BCUT2D eigenvalue weighted by Crippen LogP contribution is -2.46. The highest BCUT2D eigenvalue weighted by atomic mass is 16.4. The molecule has 1 saturated heterocycles. The molecule has 112 valence electrons. The number of carboxylic acids is 1. The van der Waals surface area contributed by atoms with Crippen LogP contribution in [0.5, 0.6) is 0 Å². The maximum atomic E-state index is 12.0. The molecule has 2 N–H and O–H groups in total. The summed E-state index contributed by atoms with van der Waals surface area (Å²) in [4.78, 5) is 36.2. The van der Waals surface area contributed by atoms with E-state index in [9.17, 15) is 14.4 Å². The maximum absolute atomic E-state index is 12.0. The Kier molecular flexibility index (Phi) is 4.98. The van der Waals surface area contributed by atoms with Crippen LogP contribution in [0, 0.1) is 11.8 Å². The van der Waals surface area contributed by atoms with Crippen molar-refractivity contribution in [2.75, 3.05) is 19.6 Å². The van der Waals surface area contributed by atoms with E-state index in [0.717, 1.165) is 32.2 Å². The summed E-state index contributed by atoms with van der Waals surface area (Å²) in [6.07, 6.45) is 4.16. The first-order valence-corrected chi connectivity index (χ1v) is 7.36. The topological polar surface area (TPSA) is 86.7 Å². The molecule has 0 spiro atoms. The number of carboxylic acid groups (broad SMARTS) is 1. The highest BCUT2D eigenvalue weighted by molar-refractivity contribution is 5.83. The molecule has 2 rings (SSSR count). The molecule has 0 aromatic carbocycles. The van der Waals surface area contributed by atoms with Crippen molar-refractivity contribution >= 4 is 17.8 Å². The molecule has 1 saturated carbocycles. The van der Waals surface area contributed by atoms with E-state index in [1.807, 2.05) is 4.90 Å². The van der Waals surface area contributed by atoms with Crippen LogP contribution in [0.2, 0.25) is 0 Å². The van der Waals surface area contributed by atoms with E-state index >= 15 is 0 Å². The SMILES string of the molecule is O=C(O)CCCNC(=O)C1CCCN(C(=O)C2CC2)C1. The number of hydrogen-bond acceptors (Lipinski definition) is 3. The molecule has 2 fully saturated rings. The van der Waals surface area contributed by atoms with Crippen LogP contribution >= 0.6 is 0 Å². The predicted octanol–water partition coefficient (Wildman–Crippen LogP) is 0.616. The van der Waals surface area contributed by atoms with E-state index in [4.69, 9.17) is 5.11 Å². The molecule has 1 aliphatic carbocycles. The minimum atomic E-state index is -0.849. The number of amides is 2. The molecule has 2 amide bonds. The van der Waals surface area contributed by atoms with E-state index < -0.39 is 5.97 Å². The monoisotopic (exact) mass is 282 g/mol. The first kappa shape index (κ1) is 14.8. The molecule has 2 aliphatic rings. The number of nitrogens with one attached hydrogen (secondary N) is 1. The lowest BCUT2D eigenvalue weighted by atomic mass is 9.96. The number of nitrogens with zero attached hydrogens (tertiary/aromatic N) is 1. The third-order valence-electron chi connectivity index (χ3n) is 3.90. The highest BCUT2D eigenvalue weighted by Crippen LogP contribution is 2.32. The van der Waals surface area contributed by atoms with Crippen LogP contribution in [0.4, 0.5) is 0 Å². The highest BCUT2D eigenvalue weighted by Gasteiger charge is 2.36. The number of hydrogen-bond donors (Lipinski definition) is 2. The molecule has 0 radical (unpaired) electrons. The van der Waals surface area contributed by atoms with Crippen LogP contribution in [0.1, 0.15) is 38.5 Å². The van der Waals surface area contributed by atoms with Gasteiger partial charge in [0.2, 0.25) is 11.8 Å². The van der Waals surface area contributed by atoms with Crippen molar-refractivity contribution in [2.45, 2.75) is 38.5 Å². The lowest BCUT2D eigenvalue weighted by molar-refractivity contribution is -0.138. The number of likely N-dealkylation sites (tertiary alicyclic amines) is 1. The fraction of sp³-hybridized carbons (Fsp3) is 0.786. The number of carbonyl (C=O) groups excluding carboxylic acids is 2. The van der Waals surface area contributed by atoms with Crippen molar-refractivity contribution in [2.24, 2.45) is 11.8 Å². The molecule has 1 atom stereocenters. The third-order valence-corrected chi connectivity index (χ3v) is 3.90. The lowest BCUT2D eigenvalue weighted by Gasteiger charge is -2.32. The van der Waals surface area contributed by atoms with Gasteiger partial charge in [0.05, 0.1) is 5.92 Å². The van der Waals surface area contributed by atoms with Gasteiger partial charge in [-0.05, 0) is 32.1 Å². The van der Waals surface area contributed by atoms with E-state index in [-0.39, 0.29) is 30.1 Å². The van der Waals surface area contributed by atoms with E-state index in [1.54, 1.807) is 0 Å². The summed E-state index contributed by atoms with van der Waals surface area (Å²) in [5.41, 5.74) is 0. The Labute approximate surface area is 118 Å². The third kappa shape index (κ3) is 4.21. The fourth-order valence-electron chi connectivity index (χ4n) is 2.58. The van der Waals surface area contributed by atoms with Crippen molar-refractivity contribution in [3.05, 3.63) is 0 Å². The summed E-state index contributed by atoms with van der Waals surface area (Å²) in [5.74, 6) is -0.640. The second kappa shape index (κ2) is 6.72. The minimum Gasteiger partial charge on any atom is -0.481 e. The molecule has 0 aromatic heterocycles. The summed E-state index contributed by atoms with van der Waals surface area (Å²) in [7, 11) is 0. The summed E-state index contributed by atoms with van der Waals surface area (Å²) in [5, 5.41) is 11.3. The number of piperidine rings is 1. The fourth-order valence-corrected chi connectivity index (χ4v) is 2.58. The second-order valence-electron chi connectivity index (χ2n) is 5.69. The summed E-state index contributed by atoms with van der Waals surface area (Å²) >= 11 is 0. The maximum Gasteiger partial charge on any atom is 0.303 e. The molecular formula is C14H22N2O4. The van der Waals surface area contributed by atoms with Gasteiger partial charge in [-0.1, -0.05) is 0 Å². The summed E-state index contributed by atoms with van der Waals surface area (Å²) < 4.78 is 0. The molecule has 6 heteroatoms. The molecular weight excluding hydrogens is 260 g/mol. The Morgan fingerprint density at radius 3 is 2.55 bits per heavy atom. The second-order valence-corrected chi connectivity index (χ2v) is 5.69. The zero-order chi connectivity index (χ0) is 14.5. The van der Waals surface area contributed by atoms with Gasteiger partial charge in [-0.3, -0.25) is 14.4 Å². The molecule has 0 bridgehead atoms. The zero-order valence-corrected chi connectivity index (χ0v) is 11.6. The number of aliphatic carboxylic acids is 1. The van der Waals surface area contributed by atoms with Gasteiger partial charge in [-0.15, -0.1) is 0 Å². The summed E-state index contributed by atoms with van der Waals surface area (Å²) in [6, 6.07) is 0. The van der Waals surface area contributed by atoms with Crippen LogP contribution in [0.15, 0.2) is 0 Å². The first-order chi connectivity index (χ1) is 9.58. The van der Waals surface area contributed by atoms with Gasteiger partial charge in [0, 0.05) is 32.0 Å². The Morgan fingerprint density at radius 2 is 1.90 bits per heavy atom. The Bertz CT molecular complexity index is 393. The minimum absolute atomic E-state index is 0.0521. The average Bonchev–Trinajstić information content (AvgIpc) is 3.27. The molecule has 1 unspecified atom stereocenters. The largest absolute Gasteiger partial charge is 0.481 e. The van der Waals surface area contributed by atoms with Gasteiger partial charge in [0.15, 0.2) is 0 Å². The van der Waals surface area contributed by atoms with Crippen molar-refractivity contribution < 1.29 is 19.5 Å². The van der Waals surface area contributed by atoms with Crippen molar-refractivity contribution in [1.29, 1.82) is 0 Å². The van der Waals surface area contributed by atoms with Gasteiger partial charge in [-0.2, -0.15) is 0 Å². The van der Waals surface area contributed by atoms with Gasteiger partial charge in [-0.25, -0.2) is 0 Å². The van der Waals surface area contributed by atoms with Crippen molar-refractivity contribution in [3.63, 3.8) is 0 Å². The van der Waals surface area contributed by atoms with E-state index in [2.05, 4.69) is 5.32 Å². The van der Waals surface area contributed by atoms with Crippen LogP contribution in [-0.2, 0) is 14.4 Å². The van der Waals surface area contributed by atoms with Crippen molar-refractivity contribution in [3.8, 4) is 0 Å². The van der Waals surface area contributed by atoms with Gasteiger partial charge in [0.25, 0.3) is 0 Å². The molecule has 20 heavy (non-hydrogen) atoms. The quantitative estimate of drug-likeness (QED) is 0.699. The predicted molar refractivity (Wildman–Crippen MR) is 71.9 cm³/mol. The van der Waals surface area contributed by atoms with Gasteiger partial charge in [0.1, 0.15) is 0 Å². The number of carbonyl (C=O) groups is 3. The normalized spacial score (nSPS) is 22.4. The Balaban J connectivity index is 1.72. The Morgan fingerprint density at radius 1 is 1.15 bits per heavy atom. The summed E-state index contributed by atoms with van der Waals surface area (Å²) in [6.45, 7) is 1.66. The first-order valence-electron chi connectivity index (χ1n) is 7.36. The van der Waals surface area contributed by atoms with E-state index in [0.29, 0.717) is 19.5 Å². The molecule has 6 nitrogen and oxygen atoms in total. The van der Waals surface area contributed by atoms with Crippen LogP contribution in [0.25, 0.3) is 0 Å². The van der Waals surface area contributed by atoms with Crippen molar-refractivity contribution in [1.82, 2.24) is 10.2 Å². The number of rotatable bonds is 6.